The summed E-state index contributed by atoms with van der Waals surface area (Å²) in [6.45, 7) is 6.87. The highest BCUT2D eigenvalue weighted by Gasteiger charge is 2.25. The van der Waals surface area contributed by atoms with Crippen molar-refractivity contribution in [2.45, 2.75) is 39.2 Å². The highest BCUT2D eigenvalue weighted by Crippen LogP contribution is 2.30. The van der Waals surface area contributed by atoms with Crippen molar-refractivity contribution < 1.29 is 0 Å². The van der Waals surface area contributed by atoms with E-state index in [0.717, 1.165) is 41.4 Å². The van der Waals surface area contributed by atoms with Crippen LogP contribution >= 0.6 is 0 Å². The molecule has 20 heavy (non-hydrogen) atoms. The fourth-order valence-corrected chi connectivity index (χ4v) is 2.64. The van der Waals surface area contributed by atoms with Crippen LogP contribution in [0.1, 0.15) is 32.5 Å². The number of imidazole rings is 1. The Morgan fingerprint density at radius 2 is 2.20 bits per heavy atom. The Morgan fingerprint density at radius 3 is 2.90 bits per heavy atom. The zero-order chi connectivity index (χ0) is 14.1. The Hall–Kier alpha value is -1.55. The van der Waals surface area contributed by atoms with Gasteiger partial charge in [-0.3, -0.25) is 0 Å². The van der Waals surface area contributed by atoms with Gasteiger partial charge in [-0.25, -0.2) is 4.98 Å². The van der Waals surface area contributed by atoms with Crippen molar-refractivity contribution >= 4 is 16.7 Å². The van der Waals surface area contributed by atoms with Crippen molar-refractivity contribution in [2.24, 2.45) is 5.92 Å². The Bertz CT molecular complexity index is 583. The minimum atomic E-state index is 0.607. The van der Waals surface area contributed by atoms with Crippen LogP contribution in [-0.2, 0) is 6.42 Å². The van der Waals surface area contributed by atoms with Gasteiger partial charge in [0.2, 0.25) is 0 Å². The van der Waals surface area contributed by atoms with Crippen LogP contribution < -0.4 is 5.73 Å². The number of nitrogens with zero attached hydrogens (tertiary/aromatic N) is 2. The molecule has 1 fully saturated rings. The van der Waals surface area contributed by atoms with Crippen molar-refractivity contribution in [1.82, 2.24) is 14.9 Å². The predicted molar refractivity (Wildman–Crippen MR) is 83.6 cm³/mol. The van der Waals surface area contributed by atoms with E-state index in [9.17, 15) is 0 Å². The van der Waals surface area contributed by atoms with E-state index in [4.69, 9.17) is 5.73 Å². The van der Waals surface area contributed by atoms with E-state index in [-0.39, 0.29) is 0 Å². The Kier molecular flexibility index (Phi) is 3.66. The van der Waals surface area contributed by atoms with Gasteiger partial charge in [0, 0.05) is 31.2 Å². The normalized spacial score (nSPS) is 15.6. The standard InChI is InChI=1S/C16H24N4/c1-11(2)20(10-12-3-4-12)8-7-16-18-14-6-5-13(17)9-15(14)19-16/h5-6,9,11-12H,3-4,7-8,10,17H2,1-2H3,(H,18,19). The van der Waals surface area contributed by atoms with Gasteiger partial charge in [0.25, 0.3) is 0 Å². The fourth-order valence-electron chi connectivity index (χ4n) is 2.64. The number of nitrogens with two attached hydrogens (primary N) is 1. The molecular weight excluding hydrogens is 248 g/mol. The largest absolute Gasteiger partial charge is 0.399 e. The maximum Gasteiger partial charge on any atom is 0.108 e. The third-order valence-electron chi connectivity index (χ3n) is 4.11. The molecule has 4 nitrogen and oxygen atoms in total. The number of aromatic amines is 1. The average molecular weight is 272 g/mol. The number of nitrogen functional groups attached to an aromatic ring is 1. The summed E-state index contributed by atoms with van der Waals surface area (Å²) in [6.07, 6.45) is 3.79. The van der Waals surface area contributed by atoms with Gasteiger partial charge in [0.1, 0.15) is 5.82 Å². The molecule has 0 amide bonds. The summed E-state index contributed by atoms with van der Waals surface area (Å²) in [4.78, 5) is 10.6. The summed E-state index contributed by atoms with van der Waals surface area (Å²) < 4.78 is 0. The lowest BCUT2D eigenvalue weighted by molar-refractivity contribution is 0.214. The zero-order valence-electron chi connectivity index (χ0n) is 12.4. The molecule has 1 aromatic heterocycles. The van der Waals surface area contributed by atoms with E-state index in [1.807, 2.05) is 18.2 Å². The molecule has 0 spiro atoms. The topological polar surface area (TPSA) is 57.9 Å². The number of fused-ring (bicyclic) bond motifs is 1. The molecule has 3 rings (SSSR count). The predicted octanol–water partition coefficient (Wildman–Crippen LogP) is 2.81. The first-order chi connectivity index (χ1) is 9.61. The second-order valence-corrected chi connectivity index (χ2v) is 6.24. The lowest BCUT2D eigenvalue weighted by Gasteiger charge is -2.25. The van der Waals surface area contributed by atoms with Crippen LogP contribution in [0, 0.1) is 5.92 Å². The average Bonchev–Trinajstić information content (AvgIpc) is 3.12. The van der Waals surface area contributed by atoms with E-state index in [1.54, 1.807) is 0 Å². The Balaban J connectivity index is 1.65. The van der Waals surface area contributed by atoms with Gasteiger partial charge in [-0.2, -0.15) is 0 Å². The van der Waals surface area contributed by atoms with Crippen LogP contribution in [0.5, 0.6) is 0 Å². The quantitative estimate of drug-likeness (QED) is 0.795. The second kappa shape index (κ2) is 5.44. The molecule has 4 heteroatoms. The smallest absolute Gasteiger partial charge is 0.108 e. The van der Waals surface area contributed by atoms with E-state index >= 15 is 0 Å². The molecule has 0 atom stereocenters. The number of hydrogen-bond acceptors (Lipinski definition) is 3. The molecule has 1 aromatic carbocycles. The lowest BCUT2D eigenvalue weighted by atomic mass is 10.2. The van der Waals surface area contributed by atoms with Gasteiger partial charge in [-0.1, -0.05) is 0 Å². The monoisotopic (exact) mass is 272 g/mol. The SMILES string of the molecule is CC(C)N(CCc1nc2ccc(N)cc2[nH]1)CC1CC1. The minimum Gasteiger partial charge on any atom is -0.399 e. The first-order valence-corrected chi connectivity index (χ1v) is 7.60. The summed E-state index contributed by atoms with van der Waals surface area (Å²) in [5, 5.41) is 0. The third-order valence-corrected chi connectivity index (χ3v) is 4.11. The number of nitrogens with one attached hydrogen (secondary N) is 1. The van der Waals surface area contributed by atoms with E-state index in [1.165, 1.54) is 19.4 Å². The van der Waals surface area contributed by atoms with E-state index < -0.39 is 0 Å². The summed E-state index contributed by atoms with van der Waals surface area (Å²) in [5.74, 6) is 2.00. The number of benzene rings is 1. The number of anilines is 1. The summed E-state index contributed by atoms with van der Waals surface area (Å²) in [7, 11) is 0. The second-order valence-electron chi connectivity index (χ2n) is 6.24. The van der Waals surface area contributed by atoms with Gasteiger partial charge in [0.05, 0.1) is 11.0 Å². The fraction of sp³-hybridized carbons (Fsp3) is 0.562. The first-order valence-electron chi connectivity index (χ1n) is 7.60. The van der Waals surface area contributed by atoms with Gasteiger partial charge >= 0.3 is 0 Å². The zero-order valence-corrected chi connectivity index (χ0v) is 12.4. The van der Waals surface area contributed by atoms with Crippen LogP contribution in [0.3, 0.4) is 0 Å². The molecule has 0 aliphatic heterocycles. The molecule has 0 radical (unpaired) electrons. The van der Waals surface area contributed by atoms with Gasteiger partial charge in [-0.15, -0.1) is 0 Å². The molecule has 0 saturated heterocycles. The summed E-state index contributed by atoms with van der Waals surface area (Å²) in [6, 6.07) is 6.45. The molecule has 0 bridgehead atoms. The molecule has 2 aromatic rings. The lowest BCUT2D eigenvalue weighted by Crippen LogP contribution is -2.34. The van der Waals surface area contributed by atoms with Gasteiger partial charge in [-0.05, 0) is 50.8 Å². The molecule has 1 saturated carbocycles. The van der Waals surface area contributed by atoms with Crippen molar-refractivity contribution in [1.29, 1.82) is 0 Å². The van der Waals surface area contributed by atoms with Crippen LogP contribution in [0.25, 0.3) is 11.0 Å². The molecule has 108 valence electrons. The van der Waals surface area contributed by atoms with Crippen LogP contribution in [0.2, 0.25) is 0 Å². The number of aromatic nitrogens is 2. The molecule has 0 unspecified atom stereocenters. The summed E-state index contributed by atoms with van der Waals surface area (Å²) >= 11 is 0. The van der Waals surface area contributed by atoms with Gasteiger partial charge < -0.3 is 15.6 Å². The number of H-pyrrole nitrogens is 1. The Labute approximate surface area is 120 Å². The number of hydrogen-bond donors (Lipinski definition) is 2. The van der Waals surface area contributed by atoms with Crippen molar-refractivity contribution in [2.75, 3.05) is 18.8 Å². The minimum absolute atomic E-state index is 0.607. The van der Waals surface area contributed by atoms with Crippen LogP contribution in [-0.4, -0.2) is 34.0 Å². The first kappa shape index (κ1) is 13.4. The highest BCUT2D eigenvalue weighted by atomic mass is 15.2. The van der Waals surface area contributed by atoms with Crippen LogP contribution in [0.4, 0.5) is 5.69 Å². The Morgan fingerprint density at radius 1 is 1.40 bits per heavy atom. The van der Waals surface area contributed by atoms with Crippen molar-refractivity contribution in [3.8, 4) is 0 Å². The number of rotatable bonds is 6. The maximum atomic E-state index is 5.80. The molecule has 1 heterocycles. The van der Waals surface area contributed by atoms with Crippen molar-refractivity contribution in [3.63, 3.8) is 0 Å². The molecule has 1 aliphatic carbocycles. The van der Waals surface area contributed by atoms with Gasteiger partial charge in [0.15, 0.2) is 0 Å². The summed E-state index contributed by atoms with van der Waals surface area (Å²) in [5.41, 5.74) is 8.63. The van der Waals surface area contributed by atoms with E-state index in [2.05, 4.69) is 28.7 Å². The molecule has 3 N–H and O–H groups in total. The molecule has 1 aliphatic rings. The third kappa shape index (κ3) is 3.12. The van der Waals surface area contributed by atoms with E-state index in [0.29, 0.717) is 6.04 Å². The van der Waals surface area contributed by atoms with Crippen molar-refractivity contribution in [3.05, 3.63) is 24.0 Å². The highest BCUT2D eigenvalue weighted by molar-refractivity contribution is 5.78. The molecular formula is C16H24N4. The maximum absolute atomic E-state index is 5.80. The van der Waals surface area contributed by atoms with Crippen LogP contribution in [0.15, 0.2) is 18.2 Å².